The normalized spacial score (nSPS) is 14.5. The molecule has 0 radical (unpaired) electrons. The van der Waals surface area contributed by atoms with E-state index in [2.05, 4.69) is 12.2 Å². The number of piperidine rings is 1. The smallest absolute Gasteiger partial charge is 0.293 e. The van der Waals surface area contributed by atoms with Crippen LogP contribution in [0.15, 0.2) is 36.4 Å². The Balaban J connectivity index is 1.84. The summed E-state index contributed by atoms with van der Waals surface area (Å²) in [6.07, 6.45) is 1.91. The van der Waals surface area contributed by atoms with Crippen molar-refractivity contribution in [3.63, 3.8) is 0 Å². The minimum atomic E-state index is -0.656. The largest absolute Gasteiger partial charge is 0.366 e. The number of rotatable bonds is 5. The summed E-state index contributed by atoms with van der Waals surface area (Å²) >= 11 is 5.77. The van der Waals surface area contributed by atoms with Gasteiger partial charge in [-0.3, -0.25) is 25.0 Å². The maximum absolute atomic E-state index is 12.5. The van der Waals surface area contributed by atoms with E-state index in [1.54, 1.807) is 6.07 Å². The lowest BCUT2D eigenvalue weighted by atomic mass is 9.98. The molecule has 1 fully saturated rings. The van der Waals surface area contributed by atoms with E-state index in [-0.39, 0.29) is 27.6 Å². The second-order valence-electron chi connectivity index (χ2n) is 7.01. The molecule has 1 N–H and O–H groups in total. The summed E-state index contributed by atoms with van der Waals surface area (Å²) in [6, 6.07) is 8.18. The summed E-state index contributed by atoms with van der Waals surface area (Å²) in [6.45, 7) is 3.60. The molecule has 1 saturated heterocycles. The zero-order valence-electron chi connectivity index (χ0n) is 15.6. The van der Waals surface area contributed by atoms with Gasteiger partial charge in [-0.25, -0.2) is 0 Å². The van der Waals surface area contributed by atoms with Crippen LogP contribution in [0.5, 0.6) is 0 Å². The van der Waals surface area contributed by atoms with E-state index in [0.717, 1.165) is 32.0 Å². The summed E-state index contributed by atoms with van der Waals surface area (Å²) < 4.78 is 0. The van der Waals surface area contributed by atoms with Crippen molar-refractivity contribution in [2.75, 3.05) is 23.3 Å². The molecule has 0 aromatic heterocycles. The van der Waals surface area contributed by atoms with E-state index in [9.17, 15) is 25.0 Å². The summed E-state index contributed by atoms with van der Waals surface area (Å²) in [5.41, 5.74) is 0.256. The fourth-order valence-corrected chi connectivity index (χ4v) is 3.45. The molecular formula is C19H19ClN4O5. The van der Waals surface area contributed by atoms with Crippen LogP contribution in [0.25, 0.3) is 0 Å². The third kappa shape index (κ3) is 4.62. The van der Waals surface area contributed by atoms with E-state index in [0.29, 0.717) is 11.6 Å². The van der Waals surface area contributed by atoms with Crippen molar-refractivity contribution in [2.45, 2.75) is 19.8 Å². The number of carbonyl (C=O) groups is 1. The minimum absolute atomic E-state index is 0.0520. The number of nitro groups is 2. The number of hydrogen-bond acceptors (Lipinski definition) is 6. The number of nitrogens with one attached hydrogen (secondary N) is 1. The standard InChI is InChI=1S/C19H19ClN4O5/c1-12-6-8-22(9-7-12)16-5-2-13(10-18(16)24(28)29)19(25)21-14-3-4-15(20)17(11-14)23(26)27/h2-5,10-12H,6-9H2,1H3,(H,21,25). The molecule has 0 atom stereocenters. The third-order valence-corrected chi connectivity index (χ3v) is 5.28. The van der Waals surface area contributed by atoms with Crippen molar-refractivity contribution in [1.82, 2.24) is 0 Å². The Kier molecular flexibility index (Phi) is 5.97. The van der Waals surface area contributed by atoms with Crippen LogP contribution >= 0.6 is 11.6 Å². The van der Waals surface area contributed by atoms with Crippen LogP contribution in [0.4, 0.5) is 22.7 Å². The van der Waals surface area contributed by atoms with Gasteiger partial charge in [0.15, 0.2) is 0 Å². The van der Waals surface area contributed by atoms with Crippen LogP contribution in [-0.2, 0) is 0 Å². The molecule has 0 bridgehead atoms. The Labute approximate surface area is 171 Å². The highest BCUT2D eigenvalue weighted by Gasteiger charge is 2.25. The van der Waals surface area contributed by atoms with Gasteiger partial charge in [0.1, 0.15) is 10.7 Å². The van der Waals surface area contributed by atoms with Gasteiger partial charge in [-0.2, -0.15) is 0 Å². The van der Waals surface area contributed by atoms with E-state index < -0.39 is 15.8 Å². The van der Waals surface area contributed by atoms with Gasteiger partial charge in [0.2, 0.25) is 0 Å². The van der Waals surface area contributed by atoms with Gasteiger partial charge in [-0.1, -0.05) is 18.5 Å². The number of hydrogen-bond donors (Lipinski definition) is 1. The van der Waals surface area contributed by atoms with Crippen molar-refractivity contribution < 1.29 is 14.6 Å². The number of anilines is 2. The first-order valence-corrected chi connectivity index (χ1v) is 9.42. The maximum Gasteiger partial charge on any atom is 0.293 e. The molecule has 152 valence electrons. The number of nitrogens with zero attached hydrogens (tertiary/aromatic N) is 3. The Bertz CT molecular complexity index is 973. The first kappa shape index (κ1) is 20.5. The summed E-state index contributed by atoms with van der Waals surface area (Å²) in [5, 5.41) is 25.0. The average Bonchev–Trinajstić information content (AvgIpc) is 2.69. The summed E-state index contributed by atoms with van der Waals surface area (Å²) in [7, 11) is 0. The Hall–Kier alpha value is -3.20. The number of carbonyl (C=O) groups excluding carboxylic acids is 1. The predicted molar refractivity (Wildman–Crippen MR) is 110 cm³/mol. The lowest BCUT2D eigenvalue weighted by Crippen LogP contribution is -2.33. The van der Waals surface area contributed by atoms with E-state index >= 15 is 0 Å². The predicted octanol–water partition coefficient (Wildman–Crippen LogP) is 4.65. The Morgan fingerprint density at radius 2 is 1.72 bits per heavy atom. The van der Waals surface area contributed by atoms with Gasteiger partial charge in [-0.15, -0.1) is 0 Å². The van der Waals surface area contributed by atoms with Gasteiger partial charge in [0.05, 0.1) is 9.85 Å². The van der Waals surface area contributed by atoms with Gasteiger partial charge >= 0.3 is 0 Å². The number of amides is 1. The van der Waals surface area contributed by atoms with Crippen LogP contribution in [-0.4, -0.2) is 28.8 Å². The maximum atomic E-state index is 12.5. The van der Waals surface area contributed by atoms with Crippen molar-refractivity contribution >= 4 is 40.3 Å². The highest BCUT2D eigenvalue weighted by Crippen LogP contribution is 2.33. The van der Waals surface area contributed by atoms with Crippen LogP contribution in [0.3, 0.4) is 0 Å². The number of benzene rings is 2. The second kappa shape index (κ2) is 8.44. The minimum Gasteiger partial charge on any atom is -0.366 e. The lowest BCUT2D eigenvalue weighted by molar-refractivity contribution is -0.384. The molecule has 1 aliphatic heterocycles. The molecule has 0 spiro atoms. The van der Waals surface area contributed by atoms with Gasteiger partial charge < -0.3 is 10.2 Å². The molecule has 2 aromatic rings. The zero-order valence-corrected chi connectivity index (χ0v) is 16.4. The van der Waals surface area contributed by atoms with Gasteiger partial charge in [0, 0.05) is 36.5 Å². The first-order valence-electron chi connectivity index (χ1n) is 9.05. The molecule has 10 heteroatoms. The molecule has 2 aromatic carbocycles. The van der Waals surface area contributed by atoms with E-state index in [4.69, 9.17) is 11.6 Å². The molecule has 1 heterocycles. The van der Waals surface area contributed by atoms with Crippen molar-refractivity contribution in [3.8, 4) is 0 Å². The van der Waals surface area contributed by atoms with Crippen molar-refractivity contribution in [1.29, 1.82) is 0 Å². The fourth-order valence-electron chi connectivity index (χ4n) is 3.26. The van der Waals surface area contributed by atoms with E-state index in [1.165, 1.54) is 24.3 Å². The monoisotopic (exact) mass is 418 g/mol. The molecule has 0 saturated carbocycles. The van der Waals surface area contributed by atoms with Crippen LogP contribution in [0.1, 0.15) is 30.1 Å². The zero-order chi connectivity index (χ0) is 21.1. The van der Waals surface area contributed by atoms with Gasteiger partial charge in [0.25, 0.3) is 17.3 Å². The van der Waals surface area contributed by atoms with Crippen LogP contribution in [0.2, 0.25) is 5.02 Å². The number of halogens is 1. The molecule has 1 amide bonds. The Morgan fingerprint density at radius 1 is 1.07 bits per heavy atom. The highest BCUT2D eigenvalue weighted by molar-refractivity contribution is 6.32. The van der Waals surface area contributed by atoms with Crippen molar-refractivity contribution in [3.05, 3.63) is 67.2 Å². The quantitative estimate of drug-likeness (QED) is 0.557. The fraction of sp³-hybridized carbons (Fsp3) is 0.316. The van der Waals surface area contributed by atoms with Crippen molar-refractivity contribution in [2.24, 2.45) is 5.92 Å². The molecule has 1 aliphatic rings. The third-order valence-electron chi connectivity index (χ3n) is 4.96. The van der Waals surface area contributed by atoms with Crippen LogP contribution < -0.4 is 10.2 Å². The molecule has 9 nitrogen and oxygen atoms in total. The lowest BCUT2D eigenvalue weighted by Gasteiger charge is -2.31. The van der Waals surface area contributed by atoms with Crippen LogP contribution in [0, 0.1) is 26.1 Å². The molecule has 0 aliphatic carbocycles. The SMILES string of the molecule is CC1CCN(c2ccc(C(=O)Nc3ccc(Cl)c([N+](=O)[O-])c3)cc2[N+](=O)[O-])CC1. The molecule has 29 heavy (non-hydrogen) atoms. The summed E-state index contributed by atoms with van der Waals surface area (Å²) in [4.78, 5) is 35.9. The van der Waals surface area contributed by atoms with E-state index in [1.807, 2.05) is 4.90 Å². The average molecular weight is 419 g/mol. The topological polar surface area (TPSA) is 119 Å². The highest BCUT2D eigenvalue weighted by atomic mass is 35.5. The Morgan fingerprint density at radius 3 is 2.34 bits per heavy atom. The first-order chi connectivity index (χ1) is 13.8. The second-order valence-corrected chi connectivity index (χ2v) is 7.41. The number of nitro benzene ring substituents is 2. The van der Waals surface area contributed by atoms with Gasteiger partial charge in [-0.05, 0) is 43.0 Å². The molecular weight excluding hydrogens is 400 g/mol. The molecule has 0 unspecified atom stereocenters. The molecule has 3 rings (SSSR count). The summed E-state index contributed by atoms with van der Waals surface area (Å²) in [5.74, 6) is -0.0256.